The lowest BCUT2D eigenvalue weighted by atomic mass is 9.91. The minimum Gasteiger partial charge on any atom is -0.508 e. The molecule has 0 fully saturated rings. The van der Waals surface area contributed by atoms with Gasteiger partial charge in [0.2, 0.25) is 0 Å². The quantitative estimate of drug-likeness (QED) is 0.233. The molecule has 2 heteroatoms. The smallest absolute Gasteiger partial charge is 0.115 e. The van der Waals surface area contributed by atoms with Gasteiger partial charge in [-0.05, 0) is 68.1 Å². The van der Waals surface area contributed by atoms with Crippen molar-refractivity contribution in [1.82, 2.24) is 0 Å². The zero-order valence-electron chi connectivity index (χ0n) is 17.4. The van der Waals surface area contributed by atoms with Gasteiger partial charge >= 0.3 is 0 Å². The van der Waals surface area contributed by atoms with Crippen LogP contribution in [0.15, 0.2) is 97.1 Å². The van der Waals surface area contributed by atoms with Crippen LogP contribution in [-0.4, -0.2) is 10.2 Å². The number of phenolic OH excluding ortho intramolecular Hbond substituents is 2. The van der Waals surface area contributed by atoms with Crippen molar-refractivity contribution >= 4 is 45.8 Å². The molecule has 0 saturated carbocycles. The standard InChI is InChI=1S/C30H22O2/c31-23-15-9-21(10-16-23)13-19-29-25-5-1-2-6-26(25)30(28-8-4-3-7-27(28)29)20-14-22-11-17-24(32)18-12-22/h1-20,31-32H/b19-13+,20-14+. The van der Waals surface area contributed by atoms with Gasteiger partial charge in [-0.2, -0.15) is 0 Å². The number of benzene rings is 5. The second kappa shape index (κ2) is 8.44. The Balaban J connectivity index is 1.70. The van der Waals surface area contributed by atoms with Gasteiger partial charge < -0.3 is 10.2 Å². The van der Waals surface area contributed by atoms with E-state index in [1.165, 1.54) is 32.7 Å². The van der Waals surface area contributed by atoms with Crippen LogP contribution in [0.5, 0.6) is 11.5 Å². The number of hydrogen-bond acceptors (Lipinski definition) is 2. The topological polar surface area (TPSA) is 40.5 Å². The van der Waals surface area contributed by atoms with Gasteiger partial charge in [-0.3, -0.25) is 0 Å². The van der Waals surface area contributed by atoms with E-state index in [0.29, 0.717) is 0 Å². The summed E-state index contributed by atoms with van der Waals surface area (Å²) in [5.41, 5.74) is 4.41. The highest BCUT2D eigenvalue weighted by molar-refractivity contribution is 6.14. The third-order valence-corrected chi connectivity index (χ3v) is 5.69. The number of fused-ring (bicyclic) bond motifs is 2. The Morgan fingerprint density at radius 2 is 0.688 bits per heavy atom. The van der Waals surface area contributed by atoms with Crippen molar-refractivity contribution in [2.24, 2.45) is 0 Å². The molecule has 0 amide bonds. The predicted octanol–water partition coefficient (Wildman–Crippen LogP) is 7.75. The van der Waals surface area contributed by atoms with Gasteiger partial charge in [-0.1, -0.05) is 97.1 Å². The molecule has 32 heavy (non-hydrogen) atoms. The highest BCUT2D eigenvalue weighted by atomic mass is 16.3. The fourth-order valence-corrected chi connectivity index (χ4v) is 4.08. The normalized spacial score (nSPS) is 11.8. The first-order chi connectivity index (χ1) is 15.7. The van der Waals surface area contributed by atoms with E-state index < -0.39 is 0 Å². The van der Waals surface area contributed by atoms with Crippen LogP contribution in [0.4, 0.5) is 0 Å². The summed E-state index contributed by atoms with van der Waals surface area (Å²) in [6.45, 7) is 0. The molecule has 0 aromatic heterocycles. The molecule has 0 spiro atoms. The summed E-state index contributed by atoms with van der Waals surface area (Å²) in [5.74, 6) is 0.533. The summed E-state index contributed by atoms with van der Waals surface area (Å²) >= 11 is 0. The second-order valence-corrected chi connectivity index (χ2v) is 7.77. The molecular formula is C30H22O2. The monoisotopic (exact) mass is 414 g/mol. The maximum Gasteiger partial charge on any atom is 0.115 e. The van der Waals surface area contributed by atoms with E-state index in [1.807, 2.05) is 24.3 Å². The third-order valence-electron chi connectivity index (χ3n) is 5.69. The van der Waals surface area contributed by atoms with Crippen LogP contribution in [0.1, 0.15) is 22.3 Å². The van der Waals surface area contributed by atoms with Gasteiger partial charge in [0.15, 0.2) is 0 Å². The first-order valence-corrected chi connectivity index (χ1v) is 10.6. The molecule has 0 saturated heterocycles. The van der Waals surface area contributed by atoms with Gasteiger partial charge in [0, 0.05) is 0 Å². The summed E-state index contributed by atoms with van der Waals surface area (Å²) < 4.78 is 0. The maximum absolute atomic E-state index is 9.56. The Morgan fingerprint density at radius 1 is 0.375 bits per heavy atom. The van der Waals surface area contributed by atoms with E-state index in [-0.39, 0.29) is 11.5 Å². The Labute approximate surface area is 187 Å². The largest absolute Gasteiger partial charge is 0.508 e. The first kappa shape index (κ1) is 19.7. The number of aromatic hydroxyl groups is 2. The van der Waals surface area contributed by atoms with E-state index in [2.05, 4.69) is 72.8 Å². The lowest BCUT2D eigenvalue weighted by Gasteiger charge is -2.13. The Bertz CT molecular complexity index is 1290. The Kier molecular flexibility index (Phi) is 5.19. The van der Waals surface area contributed by atoms with Crippen LogP contribution in [0.3, 0.4) is 0 Å². The highest BCUT2D eigenvalue weighted by Gasteiger charge is 2.10. The predicted molar refractivity (Wildman–Crippen MR) is 136 cm³/mol. The molecule has 0 unspecified atom stereocenters. The minimum atomic E-state index is 0.266. The van der Waals surface area contributed by atoms with E-state index >= 15 is 0 Å². The summed E-state index contributed by atoms with van der Waals surface area (Å²) in [6.07, 6.45) is 8.48. The molecule has 5 aromatic carbocycles. The van der Waals surface area contributed by atoms with Crippen LogP contribution < -0.4 is 0 Å². The average Bonchev–Trinajstić information content (AvgIpc) is 2.83. The molecule has 0 aliphatic heterocycles. The molecule has 5 aromatic rings. The molecular weight excluding hydrogens is 392 g/mol. The molecule has 0 radical (unpaired) electrons. The lowest BCUT2D eigenvalue weighted by molar-refractivity contribution is 0.474. The van der Waals surface area contributed by atoms with Crippen LogP contribution in [0.25, 0.3) is 45.8 Å². The van der Waals surface area contributed by atoms with Crippen molar-refractivity contribution in [2.75, 3.05) is 0 Å². The fraction of sp³-hybridized carbons (Fsp3) is 0. The Hall–Kier alpha value is -4.30. The minimum absolute atomic E-state index is 0.266. The van der Waals surface area contributed by atoms with Gasteiger partial charge in [0.05, 0.1) is 0 Å². The SMILES string of the molecule is Oc1ccc(/C=C/c2c3ccccc3c(/C=C/c3ccc(O)cc3)c3ccccc23)cc1. The summed E-state index contributed by atoms with van der Waals surface area (Å²) in [7, 11) is 0. The number of rotatable bonds is 4. The molecule has 0 aliphatic rings. The zero-order chi connectivity index (χ0) is 21.9. The summed E-state index contributed by atoms with van der Waals surface area (Å²) in [6, 6.07) is 31.4. The molecule has 0 heterocycles. The van der Waals surface area contributed by atoms with Gasteiger partial charge in [-0.25, -0.2) is 0 Å². The van der Waals surface area contributed by atoms with Gasteiger partial charge in [-0.15, -0.1) is 0 Å². The number of phenols is 2. The molecule has 0 aliphatic carbocycles. The van der Waals surface area contributed by atoms with Gasteiger partial charge in [0.25, 0.3) is 0 Å². The summed E-state index contributed by atoms with van der Waals surface area (Å²) in [4.78, 5) is 0. The van der Waals surface area contributed by atoms with Crippen molar-refractivity contribution in [3.8, 4) is 11.5 Å². The van der Waals surface area contributed by atoms with Crippen LogP contribution in [0, 0.1) is 0 Å². The lowest BCUT2D eigenvalue weighted by Crippen LogP contribution is -1.88. The first-order valence-electron chi connectivity index (χ1n) is 10.6. The second-order valence-electron chi connectivity index (χ2n) is 7.77. The van der Waals surface area contributed by atoms with E-state index in [1.54, 1.807) is 24.3 Å². The van der Waals surface area contributed by atoms with Crippen molar-refractivity contribution in [3.63, 3.8) is 0 Å². The third kappa shape index (κ3) is 3.86. The van der Waals surface area contributed by atoms with Crippen molar-refractivity contribution in [2.45, 2.75) is 0 Å². The molecule has 0 bridgehead atoms. The summed E-state index contributed by atoms with van der Waals surface area (Å²) in [5, 5.41) is 23.9. The maximum atomic E-state index is 9.56. The Morgan fingerprint density at radius 3 is 1.00 bits per heavy atom. The fourth-order valence-electron chi connectivity index (χ4n) is 4.08. The van der Waals surface area contributed by atoms with Crippen molar-refractivity contribution in [1.29, 1.82) is 0 Å². The number of hydrogen-bond donors (Lipinski definition) is 2. The van der Waals surface area contributed by atoms with Gasteiger partial charge in [0.1, 0.15) is 11.5 Å². The van der Waals surface area contributed by atoms with E-state index in [4.69, 9.17) is 0 Å². The molecule has 5 rings (SSSR count). The molecule has 2 nitrogen and oxygen atoms in total. The van der Waals surface area contributed by atoms with E-state index in [9.17, 15) is 10.2 Å². The molecule has 2 N–H and O–H groups in total. The van der Waals surface area contributed by atoms with Crippen molar-refractivity contribution in [3.05, 3.63) is 119 Å². The zero-order valence-corrected chi connectivity index (χ0v) is 17.4. The molecule has 154 valence electrons. The van der Waals surface area contributed by atoms with Crippen LogP contribution in [-0.2, 0) is 0 Å². The van der Waals surface area contributed by atoms with E-state index in [0.717, 1.165) is 11.1 Å². The van der Waals surface area contributed by atoms with Crippen LogP contribution in [0.2, 0.25) is 0 Å². The average molecular weight is 415 g/mol. The highest BCUT2D eigenvalue weighted by Crippen LogP contribution is 2.35. The molecule has 0 atom stereocenters. The van der Waals surface area contributed by atoms with Crippen molar-refractivity contribution < 1.29 is 10.2 Å². The van der Waals surface area contributed by atoms with Crippen LogP contribution >= 0.6 is 0 Å².